The molecule has 1 nitrogen and oxygen atoms in total. The maximum Gasteiger partial charge on any atom is 0.0210 e. The molecule has 0 unspecified atom stereocenters. The zero-order chi connectivity index (χ0) is 9.26. The van der Waals surface area contributed by atoms with Gasteiger partial charge in [-0.05, 0) is 41.7 Å². The van der Waals surface area contributed by atoms with Crippen molar-refractivity contribution in [1.29, 1.82) is 0 Å². The second-order valence-corrected chi connectivity index (χ2v) is 4.58. The number of benzene rings is 1. The van der Waals surface area contributed by atoms with E-state index in [0.29, 0.717) is 5.92 Å². The van der Waals surface area contributed by atoms with Gasteiger partial charge in [-0.15, -0.1) is 0 Å². The van der Waals surface area contributed by atoms with Gasteiger partial charge in [-0.1, -0.05) is 34.1 Å². The lowest BCUT2D eigenvalue weighted by atomic mass is 10.1. The van der Waals surface area contributed by atoms with E-state index in [2.05, 4.69) is 39.0 Å². The number of rotatable bonds is 3. The molecule has 1 aliphatic carbocycles. The van der Waals surface area contributed by atoms with Crippen molar-refractivity contribution in [3.05, 3.63) is 34.3 Å². The quantitative estimate of drug-likeness (QED) is 0.822. The second-order valence-electron chi connectivity index (χ2n) is 3.46. The summed E-state index contributed by atoms with van der Waals surface area (Å²) in [7, 11) is 0. The first-order chi connectivity index (χ1) is 6.33. The summed E-state index contributed by atoms with van der Waals surface area (Å²) < 4.78 is 1.22. The summed E-state index contributed by atoms with van der Waals surface area (Å²) in [5, 5.41) is 0. The van der Waals surface area contributed by atoms with Crippen LogP contribution in [-0.2, 0) is 0 Å². The van der Waals surface area contributed by atoms with E-state index in [0.717, 1.165) is 12.5 Å². The van der Waals surface area contributed by atoms with Crippen LogP contribution in [0.4, 0.5) is 0 Å². The van der Waals surface area contributed by atoms with Gasteiger partial charge in [0.1, 0.15) is 0 Å². The molecule has 0 bridgehead atoms. The Morgan fingerprint density at radius 1 is 1.46 bits per heavy atom. The minimum atomic E-state index is 0.696. The number of nitrogens with one attached hydrogen (secondary N) is 1. The number of hydrogen-bond donors (Lipinski definition) is 1. The molecule has 2 atom stereocenters. The predicted octanol–water partition coefficient (Wildman–Crippen LogP) is 3.30. The fourth-order valence-electron chi connectivity index (χ4n) is 1.73. The standard InChI is InChI=1S/C10H11BrClN/c11-10-4-2-1-3-8(10)9-5-7(9)6-13-12/h1-4,7,9,13H,5-6H2/t7-,9+/m0/s1. The average molecular weight is 261 g/mol. The molecule has 0 aromatic heterocycles. The highest BCUT2D eigenvalue weighted by atomic mass is 79.9. The van der Waals surface area contributed by atoms with Crippen LogP contribution in [0.2, 0.25) is 0 Å². The molecule has 2 rings (SSSR count). The van der Waals surface area contributed by atoms with Crippen molar-refractivity contribution in [2.24, 2.45) is 5.92 Å². The van der Waals surface area contributed by atoms with Gasteiger partial charge in [0.2, 0.25) is 0 Å². The lowest BCUT2D eigenvalue weighted by Crippen LogP contribution is -2.03. The van der Waals surface area contributed by atoms with E-state index >= 15 is 0 Å². The predicted molar refractivity (Wildman–Crippen MR) is 58.8 cm³/mol. The van der Waals surface area contributed by atoms with Crippen molar-refractivity contribution in [1.82, 2.24) is 4.84 Å². The molecule has 1 aromatic rings. The van der Waals surface area contributed by atoms with E-state index in [1.54, 1.807) is 0 Å². The molecule has 0 amide bonds. The van der Waals surface area contributed by atoms with Gasteiger partial charge < -0.3 is 0 Å². The Morgan fingerprint density at radius 3 is 2.92 bits per heavy atom. The number of halogens is 2. The van der Waals surface area contributed by atoms with Gasteiger partial charge in [-0.3, -0.25) is 0 Å². The minimum Gasteiger partial charge on any atom is -0.233 e. The highest BCUT2D eigenvalue weighted by Gasteiger charge is 2.38. The fraction of sp³-hybridized carbons (Fsp3) is 0.400. The summed E-state index contributed by atoms with van der Waals surface area (Å²) in [5.41, 5.74) is 1.42. The largest absolute Gasteiger partial charge is 0.233 e. The maximum absolute atomic E-state index is 5.47. The van der Waals surface area contributed by atoms with Gasteiger partial charge in [-0.25, -0.2) is 4.84 Å². The first-order valence-corrected chi connectivity index (χ1v) is 5.58. The van der Waals surface area contributed by atoms with Crippen LogP contribution in [-0.4, -0.2) is 6.54 Å². The molecule has 0 aliphatic heterocycles. The van der Waals surface area contributed by atoms with Crippen LogP contribution in [0.5, 0.6) is 0 Å². The third-order valence-corrected chi connectivity index (χ3v) is 3.44. The first kappa shape index (κ1) is 9.50. The van der Waals surface area contributed by atoms with Gasteiger partial charge >= 0.3 is 0 Å². The van der Waals surface area contributed by atoms with Crippen LogP contribution in [0, 0.1) is 5.92 Å². The summed E-state index contributed by atoms with van der Waals surface area (Å²) in [6.07, 6.45) is 1.25. The minimum absolute atomic E-state index is 0.696. The Morgan fingerprint density at radius 2 is 2.23 bits per heavy atom. The molecule has 1 aliphatic rings. The molecule has 1 N–H and O–H groups in total. The Labute approximate surface area is 91.7 Å². The normalized spacial score (nSPS) is 26.0. The zero-order valence-electron chi connectivity index (χ0n) is 7.13. The lowest BCUT2D eigenvalue weighted by molar-refractivity contribution is 0.765. The molecule has 1 aromatic carbocycles. The highest BCUT2D eigenvalue weighted by molar-refractivity contribution is 9.10. The van der Waals surface area contributed by atoms with Gasteiger partial charge in [0.15, 0.2) is 0 Å². The molecule has 0 saturated heterocycles. The molecule has 0 radical (unpaired) electrons. The van der Waals surface area contributed by atoms with E-state index < -0.39 is 0 Å². The van der Waals surface area contributed by atoms with Crippen molar-refractivity contribution >= 4 is 27.7 Å². The molecular formula is C10H11BrClN. The monoisotopic (exact) mass is 259 g/mol. The first-order valence-electron chi connectivity index (χ1n) is 4.41. The topological polar surface area (TPSA) is 12.0 Å². The van der Waals surface area contributed by atoms with Crippen molar-refractivity contribution in [3.63, 3.8) is 0 Å². The molecule has 3 heteroatoms. The van der Waals surface area contributed by atoms with Crippen molar-refractivity contribution in [2.45, 2.75) is 12.3 Å². The van der Waals surface area contributed by atoms with Crippen molar-refractivity contribution in [2.75, 3.05) is 6.54 Å². The molecule has 0 spiro atoms. The van der Waals surface area contributed by atoms with Gasteiger partial charge in [0.25, 0.3) is 0 Å². The number of hydrogen-bond acceptors (Lipinski definition) is 1. The van der Waals surface area contributed by atoms with Crippen molar-refractivity contribution < 1.29 is 0 Å². The van der Waals surface area contributed by atoms with Crippen molar-refractivity contribution in [3.8, 4) is 0 Å². The lowest BCUT2D eigenvalue weighted by Gasteiger charge is -2.02. The molecule has 1 fully saturated rings. The molecule has 1 saturated carbocycles. The summed E-state index contributed by atoms with van der Waals surface area (Å²) in [6.45, 7) is 0.910. The van der Waals surface area contributed by atoms with Crippen LogP contribution < -0.4 is 4.84 Å². The van der Waals surface area contributed by atoms with Gasteiger partial charge in [0.05, 0.1) is 0 Å². The Balaban J connectivity index is 2.07. The Bertz CT molecular complexity index is 303. The molecule has 70 valence electrons. The van der Waals surface area contributed by atoms with Crippen LogP contribution in [0.15, 0.2) is 28.7 Å². The van der Waals surface area contributed by atoms with Crippen LogP contribution in [0.3, 0.4) is 0 Å². The summed E-state index contributed by atoms with van der Waals surface area (Å²) >= 11 is 9.03. The zero-order valence-corrected chi connectivity index (χ0v) is 9.48. The summed E-state index contributed by atoms with van der Waals surface area (Å²) in [4.78, 5) is 2.71. The van der Waals surface area contributed by atoms with E-state index in [4.69, 9.17) is 11.8 Å². The Hall–Kier alpha value is -0.0500. The van der Waals surface area contributed by atoms with Crippen LogP contribution in [0.1, 0.15) is 17.9 Å². The van der Waals surface area contributed by atoms with Crippen LogP contribution >= 0.6 is 27.7 Å². The van der Waals surface area contributed by atoms with E-state index in [1.165, 1.54) is 16.5 Å². The van der Waals surface area contributed by atoms with Gasteiger partial charge in [0, 0.05) is 11.0 Å². The van der Waals surface area contributed by atoms with E-state index in [9.17, 15) is 0 Å². The second kappa shape index (κ2) is 3.99. The highest BCUT2D eigenvalue weighted by Crippen LogP contribution is 2.49. The summed E-state index contributed by atoms with van der Waals surface area (Å²) in [5.74, 6) is 1.41. The Kier molecular flexibility index (Phi) is 2.92. The fourth-order valence-corrected chi connectivity index (χ4v) is 2.51. The average Bonchev–Trinajstić information content (AvgIpc) is 2.86. The third kappa shape index (κ3) is 2.06. The van der Waals surface area contributed by atoms with E-state index in [1.807, 2.05) is 6.07 Å². The SMILES string of the molecule is ClNC[C@@H]1C[C@H]1c1ccccc1Br. The smallest absolute Gasteiger partial charge is 0.0210 e. The molecule has 13 heavy (non-hydrogen) atoms. The third-order valence-electron chi connectivity index (χ3n) is 2.57. The molecule has 0 heterocycles. The molecular weight excluding hydrogens is 249 g/mol. The maximum atomic E-state index is 5.47. The summed E-state index contributed by atoms with van der Waals surface area (Å²) in [6, 6.07) is 8.41. The van der Waals surface area contributed by atoms with Crippen LogP contribution in [0.25, 0.3) is 0 Å². The van der Waals surface area contributed by atoms with E-state index in [-0.39, 0.29) is 0 Å². The van der Waals surface area contributed by atoms with Gasteiger partial charge in [-0.2, -0.15) is 0 Å².